The molecule has 4 aromatic rings. The smallest absolute Gasteiger partial charge is 0.265 e. The van der Waals surface area contributed by atoms with Crippen molar-refractivity contribution in [1.29, 1.82) is 0 Å². The molecule has 146 valence electrons. The van der Waals surface area contributed by atoms with E-state index in [-0.39, 0.29) is 10.5 Å². The highest BCUT2D eigenvalue weighted by Gasteiger charge is 2.15. The fourth-order valence-corrected chi connectivity index (χ4v) is 3.81. The summed E-state index contributed by atoms with van der Waals surface area (Å²) in [5.41, 5.74) is 2.94. The predicted molar refractivity (Wildman–Crippen MR) is 113 cm³/mol. The second-order valence-corrected chi connectivity index (χ2v) is 8.45. The molecule has 0 aliphatic heterocycles. The fourth-order valence-electron chi connectivity index (χ4n) is 3.29. The molecule has 1 heterocycles. The lowest BCUT2D eigenvalue weighted by Crippen LogP contribution is -2.24. The number of rotatable bonds is 4. The van der Waals surface area contributed by atoms with Crippen molar-refractivity contribution in [3.05, 3.63) is 100 Å². The maximum atomic E-state index is 13.4. The van der Waals surface area contributed by atoms with Crippen LogP contribution in [0.25, 0.3) is 16.6 Å². The van der Waals surface area contributed by atoms with Crippen LogP contribution in [0, 0.1) is 6.92 Å². The summed E-state index contributed by atoms with van der Waals surface area (Å²) in [6, 6.07) is 21.2. The van der Waals surface area contributed by atoms with E-state index in [2.05, 4.69) is 0 Å². The van der Waals surface area contributed by atoms with Gasteiger partial charge >= 0.3 is 0 Å². The van der Waals surface area contributed by atoms with Gasteiger partial charge in [-0.25, -0.2) is 18.5 Å². The van der Waals surface area contributed by atoms with E-state index >= 15 is 0 Å². The lowest BCUT2D eigenvalue weighted by atomic mass is 10.1. The van der Waals surface area contributed by atoms with Crippen LogP contribution in [0.2, 0.25) is 0 Å². The van der Waals surface area contributed by atoms with Gasteiger partial charge in [-0.15, -0.1) is 0 Å². The van der Waals surface area contributed by atoms with Gasteiger partial charge in [0.05, 0.1) is 21.5 Å². The Morgan fingerprint density at radius 2 is 1.66 bits per heavy atom. The summed E-state index contributed by atoms with van der Waals surface area (Å²) in [6.07, 6.45) is 0.455. The van der Waals surface area contributed by atoms with Gasteiger partial charge in [0.25, 0.3) is 5.56 Å². The molecule has 0 bridgehead atoms. The number of primary sulfonamides is 1. The summed E-state index contributed by atoms with van der Waals surface area (Å²) in [4.78, 5) is 18.1. The van der Waals surface area contributed by atoms with Crippen LogP contribution in [0.5, 0.6) is 0 Å². The second-order valence-electron chi connectivity index (χ2n) is 6.89. The quantitative estimate of drug-likeness (QED) is 0.565. The summed E-state index contributed by atoms with van der Waals surface area (Å²) in [5, 5.41) is 5.70. The molecular weight excluding hydrogens is 386 g/mol. The third-order valence-electron chi connectivity index (χ3n) is 4.72. The zero-order valence-corrected chi connectivity index (χ0v) is 16.6. The lowest BCUT2D eigenvalue weighted by molar-refractivity contribution is 0.598. The standard InChI is InChI=1S/C22H19N3O3S/c1-15-7-12-20-19(13-15)22(26)25(17-8-10-18(11-9-17)29(23,27)28)21(24-20)14-16-5-3-2-4-6-16/h2-13H,14H2,1H3,(H2,23,27,28). The van der Waals surface area contributed by atoms with Crippen molar-refractivity contribution in [2.24, 2.45) is 5.14 Å². The predicted octanol–water partition coefficient (Wildman–Crippen LogP) is 2.93. The van der Waals surface area contributed by atoms with Crippen LogP contribution in [-0.4, -0.2) is 18.0 Å². The number of benzene rings is 3. The summed E-state index contributed by atoms with van der Waals surface area (Å²) in [6.45, 7) is 1.92. The number of nitrogens with zero attached hydrogens (tertiary/aromatic N) is 2. The number of aromatic nitrogens is 2. The molecule has 0 amide bonds. The van der Waals surface area contributed by atoms with Crippen LogP contribution in [0.1, 0.15) is 17.0 Å². The third kappa shape index (κ3) is 3.83. The molecule has 0 spiro atoms. The highest BCUT2D eigenvalue weighted by molar-refractivity contribution is 7.89. The van der Waals surface area contributed by atoms with Gasteiger partial charge in [-0.3, -0.25) is 9.36 Å². The van der Waals surface area contributed by atoms with E-state index in [0.29, 0.717) is 28.8 Å². The van der Waals surface area contributed by atoms with Crippen molar-refractivity contribution in [2.75, 3.05) is 0 Å². The van der Waals surface area contributed by atoms with Crippen LogP contribution in [-0.2, 0) is 16.4 Å². The first kappa shape index (κ1) is 19.0. The Balaban J connectivity index is 1.95. The molecular formula is C22H19N3O3S. The van der Waals surface area contributed by atoms with E-state index in [9.17, 15) is 13.2 Å². The van der Waals surface area contributed by atoms with E-state index < -0.39 is 10.0 Å². The number of nitrogens with two attached hydrogens (primary N) is 1. The Morgan fingerprint density at radius 1 is 0.966 bits per heavy atom. The highest BCUT2D eigenvalue weighted by atomic mass is 32.2. The minimum Gasteiger partial charge on any atom is -0.268 e. The van der Waals surface area contributed by atoms with Gasteiger partial charge in [0, 0.05) is 6.42 Å². The maximum absolute atomic E-state index is 13.4. The zero-order valence-electron chi connectivity index (χ0n) is 15.7. The Hall–Kier alpha value is -3.29. The van der Waals surface area contributed by atoms with E-state index in [1.807, 2.05) is 55.5 Å². The molecule has 0 saturated carbocycles. The first-order chi connectivity index (χ1) is 13.8. The summed E-state index contributed by atoms with van der Waals surface area (Å²) in [7, 11) is -3.81. The topological polar surface area (TPSA) is 95.1 Å². The minimum atomic E-state index is -3.81. The SMILES string of the molecule is Cc1ccc2nc(Cc3ccccc3)n(-c3ccc(S(N)(=O)=O)cc3)c(=O)c2c1. The van der Waals surface area contributed by atoms with Crippen molar-refractivity contribution in [3.8, 4) is 5.69 Å². The van der Waals surface area contributed by atoms with Gasteiger partial charge in [-0.2, -0.15) is 0 Å². The minimum absolute atomic E-state index is 0.0106. The molecule has 0 unspecified atom stereocenters. The monoisotopic (exact) mass is 405 g/mol. The number of hydrogen-bond donors (Lipinski definition) is 1. The Bertz CT molecular complexity index is 1360. The molecule has 6 nitrogen and oxygen atoms in total. The van der Waals surface area contributed by atoms with E-state index in [0.717, 1.165) is 11.1 Å². The van der Waals surface area contributed by atoms with Crippen molar-refractivity contribution in [3.63, 3.8) is 0 Å². The van der Waals surface area contributed by atoms with Crippen molar-refractivity contribution in [1.82, 2.24) is 9.55 Å². The number of hydrogen-bond acceptors (Lipinski definition) is 4. The van der Waals surface area contributed by atoms with E-state index in [4.69, 9.17) is 10.1 Å². The molecule has 7 heteroatoms. The number of fused-ring (bicyclic) bond motifs is 1. The fraction of sp³-hybridized carbons (Fsp3) is 0.0909. The average Bonchev–Trinajstić information content (AvgIpc) is 2.69. The molecule has 0 atom stereocenters. The Kier molecular flexibility index (Phi) is 4.77. The van der Waals surface area contributed by atoms with Gasteiger partial charge in [0.15, 0.2) is 0 Å². The number of sulfonamides is 1. The van der Waals surface area contributed by atoms with Crippen LogP contribution in [0.3, 0.4) is 0 Å². The van der Waals surface area contributed by atoms with Crippen LogP contribution in [0.4, 0.5) is 0 Å². The average molecular weight is 405 g/mol. The van der Waals surface area contributed by atoms with Gasteiger partial charge in [0.1, 0.15) is 5.82 Å². The zero-order chi connectivity index (χ0) is 20.6. The molecule has 29 heavy (non-hydrogen) atoms. The van der Waals surface area contributed by atoms with Crippen molar-refractivity contribution in [2.45, 2.75) is 18.2 Å². The summed E-state index contributed by atoms with van der Waals surface area (Å²) in [5.74, 6) is 0.570. The van der Waals surface area contributed by atoms with Gasteiger partial charge in [-0.1, -0.05) is 42.0 Å². The maximum Gasteiger partial charge on any atom is 0.265 e. The first-order valence-corrected chi connectivity index (χ1v) is 10.6. The van der Waals surface area contributed by atoms with E-state index in [1.165, 1.54) is 16.7 Å². The lowest BCUT2D eigenvalue weighted by Gasteiger charge is -2.14. The van der Waals surface area contributed by atoms with Gasteiger partial charge < -0.3 is 0 Å². The molecule has 1 aromatic heterocycles. The summed E-state index contributed by atoms with van der Waals surface area (Å²) < 4.78 is 24.7. The molecule has 0 radical (unpaired) electrons. The molecule has 0 saturated heterocycles. The van der Waals surface area contributed by atoms with Crippen molar-refractivity contribution < 1.29 is 8.42 Å². The van der Waals surface area contributed by atoms with Crippen LogP contribution >= 0.6 is 0 Å². The Morgan fingerprint density at radius 3 is 2.31 bits per heavy atom. The second kappa shape index (κ2) is 7.27. The number of aryl methyl sites for hydroxylation is 1. The summed E-state index contributed by atoms with van der Waals surface area (Å²) >= 11 is 0. The molecule has 0 fully saturated rings. The van der Waals surface area contributed by atoms with Gasteiger partial charge in [0.2, 0.25) is 10.0 Å². The molecule has 0 aliphatic rings. The molecule has 0 aliphatic carbocycles. The van der Waals surface area contributed by atoms with Crippen molar-refractivity contribution >= 4 is 20.9 Å². The largest absolute Gasteiger partial charge is 0.268 e. The molecule has 3 aromatic carbocycles. The third-order valence-corrected chi connectivity index (χ3v) is 5.65. The van der Waals surface area contributed by atoms with Gasteiger partial charge in [-0.05, 0) is 48.9 Å². The van der Waals surface area contributed by atoms with Crippen LogP contribution in [0.15, 0.2) is 82.5 Å². The first-order valence-electron chi connectivity index (χ1n) is 9.02. The van der Waals surface area contributed by atoms with E-state index in [1.54, 1.807) is 12.1 Å². The van der Waals surface area contributed by atoms with Crippen LogP contribution < -0.4 is 10.7 Å². The molecule has 4 rings (SSSR count). The Labute approximate surface area is 168 Å². The highest BCUT2D eigenvalue weighted by Crippen LogP contribution is 2.18. The molecule has 2 N–H and O–H groups in total. The normalized spacial score (nSPS) is 11.7.